The van der Waals surface area contributed by atoms with Crippen molar-refractivity contribution in [2.24, 2.45) is 5.41 Å². The lowest BCUT2D eigenvalue weighted by Gasteiger charge is -2.30. The molecule has 2 unspecified atom stereocenters. The van der Waals surface area contributed by atoms with Crippen molar-refractivity contribution in [3.8, 4) is 5.75 Å². The first kappa shape index (κ1) is 36.6. The molecular formula is C45H45IN2O2S2. The largest absolute Gasteiger partial charge is 1.00 e. The standard InChI is InChI=1S/C45H45N2O2S2.HI/c1-5-46-40-21-18-34-13-8-9-15-38(34)44(40)51-43(46)26-32-25-31(29-45(2,3)30-32)11-10-16-42-47(39-22-20-36(48-4)28-41(39)50-42)23-24-49-37-19-17-33-12-6-7-14-35(33)27-37;/h6-22,25-28,39,41H,5,23-24,29-30H2,1-4H3;1H/q+1;/p-1. The molecule has 3 aliphatic rings. The van der Waals surface area contributed by atoms with Gasteiger partial charge in [0.2, 0.25) is 5.52 Å². The second kappa shape index (κ2) is 15.7. The molecule has 0 N–H and O–H groups in total. The molecule has 52 heavy (non-hydrogen) atoms. The number of nitrogens with zero attached hydrogens (tertiary/aromatic N) is 2. The molecule has 1 aromatic heterocycles. The van der Waals surface area contributed by atoms with Gasteiger partial charge in [-0.2, -0.15) is 4.57 Å². The van der Waals surface area contributed by atoms with E-state index in [1.807, 2.05) is 23.1 Å². The van der Waals surface area contributed by atoms with Crippen LogP contribution in [-0.2, 0) is 11.3 Å². The molecule has 1 fully saturated rings. The number of thiazole rings is 1. The van der Waals surface area contributed by atoms with Crippen molar-refractivity contribution >= 4 is 60.9 Å². The Kier molecular flexibility index (Phi) is 11.0. The molecule has 1 aliphatic heterocycles. The topological polar surface area (TPSA) is 25.6 Å². The summed E-state index contributed by atoms with van der Waals surface area (Å²) in [6.07, 6.45) is 20.5. The number of hydrogen-bond donors (Lipinski definition) is 0. The first-order valence-electron chi connectivity index (χ1n) is 18.0. The van der Waals surface area contributed by atoms with Crippen molar-refractivity contribution in [3.05, 3.63) is 148 Å². The first-order valence-corrected chi connectivity index (χ1v) is 19.7. The zero-order chi connectivity index (χ0) is 35.0. The second-order valence-electron chi connectivity index (χ2n) is 14.4. The maximum absolute atomic E-state index is 6.31. The minimum absolute atomic E-state index is 0. The molecule has 0 spiro atoms. The van der Waals surface area contributed by atoms with Crippen LogP contribution in [0.15, 0.2) is 143 Å². The summed E-state index contributed by atoms with van der Waals surface area (Å²) in [6.45, 7) is 9.40. The minimum Gasteiger partial charge on any atom is -1.00 e. The predicted molar refractivity (Wildman–Crippen MR) is 217 cm³/mol. The van der Waals surface area contributed by atoms with Crippen LogP contribution in [0.1, 0.15) is 38.6 Å². The van der Waals surface area contributed by atoms with E-state index in [1.54, 1.807) is 7.11 Å². The highest BCUT2D eigenvalue weighted by atomic mass is 127. The molecular weight excluding hydrogens is 792 g/mol. The molecule has 0 bridgehead atoms. The Labute approximate surface area is 332 Å². The highest BCUT2D eigenvalue weighted by Gasteiger charge is 2.37. The molecule has 0 amide bonds. The van der Waals surface area contributed by atoms with Crippen LogP contribution >= 0.6 is 23.1 Å². The number of aryl methyl sites for hydroxylation is 1. The van der Waals surface area contributed by atoms with E-state index in [9.17, 15) is 0 Å². The molecule has 4 aromatic carbocycles. The van der Waals surface area contributed by atoms with E-state index < -0.39 is 0 Å². The van der Waals surface area contributed by atoms with Crippen LogP contribution in [-0.4, -0.2) is 36.5 Å². The van der Waals surface area contributed by atoms with Crippen molar-refractivity contribution in [2.45, 2.75) is 51.4 Å². The Morgan fingerprint density at radius 3 is 2.58 bits per heavy atom. The smallest absolute Gasteiger partial charge is 0.263 e. The van der Waals surface area contributed by atoms with Gasteiger partial charge in [0.05, 0.1) is 30.0 Å². The fraction of sp³-hybridized carbons (Fsp3) is 0.267. The van der Waals surface area contributed by atoms with Crippen molar-refractivity contribution in [2.75, 3.05) is 20.3 Å². The van der Waals surface area contributed by atoms with Crippen molar-refractivity contribution < 1.29 is 38.0 Å². The lowest BCUT2D eigenvalue weighted by Crippen LogP contribution is -3.00. The number of hydrogen-bond acceptors (Lipinski definition) is 5. The molecule has 0 saturated carbocycles. The number of aromatic nitrogens is 1. The van der Waals surface area contributed by atoms with E-state index >= 15 is 0 Å². The molecule has 2 heterocycles. The van der Waals surface area contributed by atoms with Crippen LogP contribution in [0.3, 0.4) is 0 Å². The normalized spacial score (nSPS) is 21.2. The van der Waals surface area contributed by atoms with Crippen LogP contribution in [0, 0.1) is 5.41 Å². The Hall–Kier alpha value is -3.79. The SMILES string of the molecule is CC[n+]1c(/C=C2C=C(/C=C/C=C3\SC4C=C(OC)C=CC4N3CCOc3ccc4ccccc4c3)CC(C)(C)C/2)sc2c3ccccc3ccc21.[I-]. The quantitative estimate of drug-likeness (QED) is 0.111. The summed E-state index contributed by atoms with van der Waals surface area (Å²) in [6, 6.07) is 28.3. The number of methoxy groups -OCH3 is 1. The van der Waals surface area contributed by atoms with Gasteiger partial charge in [-0.05, 0) is 88.9 Å². The maximum atomic E-state index is 6.31. The summed E-state index contributed by atoms with van der Waals surface area (Å²) in [4.78, 5) is 2.49. The van der Waals surface area contributed by atoms with Gasteiger partial charge in [0, 0.05) is 17.5 Å². The molecule has 8 rings (SSSR count). The van der Waals surface area contributed by atoms with E-state index in [0.717, 1.165) is 37.4 Å². The lowest BCUT2D eigenvalue weighted by molar-refractivity contribution is -0.665. The summed E-state index contributed by atoms with van der Waals surface area (Å²) in [5, 5.41) is 7.95. The van der Waals surface area contributed by atoms with Crippen LogP contribution in [0.2, 0.25) is 0 Å². The molecule has 1 saturated heterocycles. The molecule has 266 valence electrons. The zero-order valence-corrected chi connectivity index (χ0v) is 34.0. The summed E-state index contributed by atoms with van der Waals surface area (Å²) in [5.74, 6) is 1.84. The number of rotatable bonds is 9. The Morgan fingerprint density at radius 1 is 0.962 bits per heavy atom. The van der Waals surface area contributed by atoms with E-state index in [-0.39, 0.29) is 35.4 Å². The Balaban J connectivity index is 0.00000420. The summed E-state index contributed by atoms with van der Waals surface area (Å²) < 4.78 is 15.8. The fourth-order valence-corrected chi connectivity index (χ4v) is 10.5. The first-order chi connectivity index (χ1) is 24.9. The van der Waals surface area contributed by atoms with E-state index in [1.165, 1.54) is 52.9 Å². The summed E-state index contributed by atoms with van der Waals surface area (Å²) in [7, 11) is 1.75. The van der Waals surface area contributed by atoms with Gasteiger partial charge in [-0.15, -0.1) is 0 Å². The number of ether oxygens (including phenoxy) is 2. The number of halogens is 1. The van der Waals surface area contributed by atoms with Crippen LogP contribution in [0.4, 0.5) is 0 Å². The summed E-state index contributed by atoms with van der Waals surface area (Å²) >= 11 is 3.82. The monoisotopic (exact) mass is 836 g/mol. The highest BCUT2D eigenvalue weighted by Crippen LogP contribution is 2.43. The number of thioether (sulfide) groups is 1. The Morgan fingerprint density at radius 2 is 1.75 bits per heavy atom. The maximum Gasteiger partial charge on any atom is 0.263 e. The van der Waals surface area contributed by atoms with Crippen LogP contribution in [0.25, 0.3) is 37.8 Å². The highest BCUT2D eigenvalue weighted by molar-refractivity contribution is 8.04. The van der Waals surface area contributed by atoms with Gasteiger partial charge in [-0.3, -0.25) is 0 Å². The molecule has 5 aromatic rings. The van der Waals surface area contributed by atoms with Gasteiger partial charge < -0.3 is 38.4 Å². The van der Waals surface area contributed by atoms with Gasteiger partial charge >= 0.3 is 0 Å². The van der Waals surface area contributed by atoms with Gasteiger partial charge in [-0.25, -0.2) is 0 Å². The third-order valence-corrected chi connectivity index (χ3v) is 12.6. The second-order valence-corrected chi connectivity index (χ2v) is 16.6. The van der Waals surface area contributed by atoms with E-state index in [0.29, 0.717) is 11.9 Å². The van der Waals surface area contributed by atoms with Crippen molar-refractivity contribution in [1.82, 2.24) is 4.90 Å². The Bertz CT molecular complexity index is 2310. The fourth-order valence-electron chi connectivity index (χ4n) is 7.79. The van der Waals surface area contributed by atoms with E-state index in [4.69, 9.17) is 9.47 Å². The van der Waals surface area contributed by atoms with Gasteiger partial charge in [0.15, 0.2) is 0 Å². The minimum atomic E-state index is 0. The average molecular weight is 837 g/mol. The zero-order valence-electron chi connectivity index (χ0n) is 30.2. The average Bonchev–Trinajstić information content (AvgIpc) is 3.67. The third kappa shape index (κ3) is 7.64. The predicted octanol–water partition coefficient (Wildman–Crippen LogP) is 8.01. The van der Waals surface area contributed by atoms with E-state index in [2.05, 4.69) is 158 Å². The number of allylic oxidation sites excluding steroid dienone is 7. The number of benzene rings is 4. The van der Waals surface area contributed by atoms with Gasteiger partial charge in [0.25, 0.3) is 5.01 Å². The summed E-state index contributed by atoms with van der Waals surface area (Å²) in [5.41, 5.74) is 4.27. The van der Waals surface area contributed by atoms with Gasteiger partial charge in [-0.1, -0.05) is 116 Å². The molecule has 2 aliphatic carbocycles. The van der Waals surface area contributed by atoms with Crippen LogP contribution in [0.5, 0.6) is 5.75 Å². The molecule has 7 heteroatoms. The van der Waals surface area contributed by atoms with Gasteiger partial charge in [0.1, 0.15) is 29.4 Å². The molecule has 2 atom stereocenters. The lowest BCUT2D eigenvalue weighted by atomic mass is 9.75. The van der Waals surface area contributed by atoms with Crippen molar-refractivity contribution in [1.29, 1.82) is 0 Å². The molecule has 0 radical (unpaired) electrons. The number of fused-ring (bicyclic) bond motifs is 5. The third-order valence-electron chi connectivity index (χ3n) is 10.1. The molecule has 4 nitrogen and oxygen atoms in total. The van der Waals surface area contributed by atoms with Crippen LogP contribution < -0.4 is 33.3 Å². The van der Waals surface area contributed by atoms with Crippen molar-refractivity contribution in [3.63, 3.8) is 0 Å².